The van der Waals surface area contributed by atoms with Gasteiger partial charge in [-0.2, -0.15) is 0 Å². The number of aryl methyl sites for hydroxylation is 1. The standard InChI is InChI=1S/C30H26O4/c1-21-9-15-25(16-10-21)30(2,24-7-5-4-6-8-24)26-17-19-27(20-18-26)34-29(32)23-13-11-22(12-14-23)28(31)33-3/h4-20H,1-3H3. The van der Waals surface area contributed by atoms with Gasteiger partial charge in [-0.05, 0) is 66.9 Å². The molecule has 0 aliphatic rings. The summed E-state index contributed by atoms with van der Waals surface area (Å²) in [6, 6.07) is 32.7. The van der Waals surface area contributed by atoms with Crippen molar-refractivity contribution in [1.29, 1.82) is 0 Å². The van der Waals surface area contributed by atoms with E-state index in [2.05, 4.69) is 55.0 Å². The van der Waals surface area contributed by atoms with Gasteiger partial charge in [-0.1, -0.05) is 72.3 Å². The van der Waals surface area contributed by atoms with Crippen LogP contribution in [0.4, 0.5) is 0 Å². The first-order valence-electron chi connectivity index (χ1n) is 11.1. The SMILES string of the molecule is COC(=O)c1ccc(C(=O)Oc2ccc(C(C)(c3ccccc3)c3ccc(C)cc3)cc2)cc1. The van der Waals surface area contributed by atoms with Crippen molar-refractivity contribution in [1.82, 2.24) is 0 Å². The molecule has 0 spiro atoms. The molecule has 0 aliphatic carbocycles. The highest BCUT2D eigenvalue weighted by atomic mass is 16.5. The molecule has 0 radical (unpaired) electrons. The largest absolute Gasteiger partial charge is 0.465 e. The Kier molecular flexibility index (Phi) is 6.60. The van der Waals surface area contributed by atoms with E-state index in [4.69, 9.17) is 4.74 Å². The van der Waals surface area contributed by atoms with Gasteiger partial charge in [0.05, 0.1) is 18.2 Å². The lowest BCUT2D eigenvalue weighted by molar-refractivity contribution is 0.0599. The van der Waals surface area contributed by atoms with Crippen LogP contribution in [0.3, 0.4) is 0 Å². The number of rotatable bonds is 6. The smallest absolute Gasteiger partial charge is 0.343 e. The second-order valence-corrected chi connectivity index (χ2v) is 8.34. The quantitative estimate of drug-likeness (QED) is 0.195. The minimum absolute atomic E-state index is 0.352. The van der Waals surface area contributed by atoms with Crippen LogP contribution in [0.1, 0.15) is 49.9 Å². The van der Waals surface area contributed by atoms with Crippen LogP contribution in [0.15, 0.2) is 103 Å². The van der Waals surface area contributed by atoms with Gasteiger partial charge in [0.2, 0.25) is 0 Å². The topological polar surface area (TPSA) is 52.6 Å². The summed E-state index contributed by atoms with van der Waals surface area (Å²) in [6.45, 7) is 4.28. The lowest BCUT2D eigenvalue weighted by Crippen LogP contribution is -2.25. The van der Waals surface area contributed by atoms with Crippen LogP contribution in [0.25, 0.3) is 0 Å². The van der Waals surface area contributed by atoms with E-state index in [1.165, 1.54) is 23.8 Å². The summed E-state index contributed by atoms with van der Waals surface area (Å²) in [5, 5.41) is 0. The van der Waals surface area contributed by atoms with Gasteiger partial charge in [0.15, 0.2) is 0 Å². The Bertz CT molecular complexity index is 1270. The Hall–Kier alpha value is -4.18. The number of methoxy groups -OCH3 is 1. The van der Waals surface area contributed by atoms with E-state index in [0.29, 0.717) is 16.9 Å². The molecule has 0 aromatic heterocycles. The molecule has 4 heteroatoms. The summed E-state index contributed by atoms with van der Waals surface area (Å²) in [5.74, 6) is -0.496. The van der Waals surface area contributed by atoms with Crippen molar-refractivity contribution >= 4 is 11.9 Å². The Morgan fingerprint density at radius 1 is 0.618 bits per heavy atom. The zero-order valence-corrected chi connectivity index (χ0v) is 19.4. The number of ether oxygens (including phenoxy) is 2. The zero-order valence-electron chi connectivity index (χ0n) is 19.4. The third-order valence-electron chi connectivity index (χ3n) is 6.16. The molecule has 0 N–H and O–H groups in total. The van der Waals surface area contributed by atoms with Crippen molar-refractivity contribution in [3.05, 3.63) is 137 Å². The van der Waals surface area contributed by atoms with E-state index >= 15 is 0 Å². The Balaban J connectivity index is 1.60. The fourth-order valence-corrected chi connectivity index (χ4v) is 4.04. The van der Waals surface area contributed by atoms with Crippen LogP contribution in [0.2, 0.25) is 0 Å². The highest BCUT2D eigenvalue weighted by Crippen LogP contribution is 2.39. The van der Waals surface area contributed by atoms with E-state index < -0.39 is 11.9 Å². The minimum atomic E-state index is -0.492. The molecule has 0 bridgehead atoms. The van der Waals surface area contributed by atoms with Crippen molar-refractivity contribution in [3.63, 3.8) is 0 Å². The molecule has 0 heterocycles. The van der Waals surface area contributed by atoms with Crippen molar-refractivity contribution in [2.24, 2.45) is 0 Å². The van der Waals surface area contributed by atoms with Crippen molar-refractivity contribution in [2.45, 2.75) is 19.3 Å². The molecule has 4 aromatic carbocycles. The summed E-state index contributed by atoms with van der Waals surface area (Å²) in [5.41, 5.74) is 5.01. The molecule has 0 amide bonds. The number of hydrogen-bond donors (Lipinski definition) is 0. The number of esters is 2. The van der Waals surface area contributed by atoms with Gasteiger partial charge in [0, 0.05) is 5.41 Å². The predicted molar refractivity (Wildman–Crippen MR) is 132 cm³/mol. The van der Waals surface area contributed by atoms with Crippen LogP contribution >= 0.6 is 0 Å². The highest BCUT2D eigenvalue weighted by molar-refractivity contribution is 5.94. The van der Waals surface area contributed by atoms with Gasteiger partial charge < -0.3 is 9.47 Å². The van der Waals surface area contributed by atoms with E-state index in [1.54, 1.807) is 24.3 Å². The fourth-order valence-electron chi connectivity index (χ4n) is 4.04. The van der Waals surface area contributed by atoms with Crippen LogP contribution in [0, 0.1) is 6.92 Å². The van der Waals surface area contributed by atoms with E-state index in [-0.39, 0.29) is 5.41 Å². The monoisotopic (exact) mass is 450 g/mol. The second kappa shape index (κ2) is 9.75. The number of carbonyl (C=O) groups is 2. The Morgan fingerprint density at radius 3 is 1.62 bits per heavy atom. The van der Waals surface area contributed by atoms with Crippen LogP contribution in [0.5, 0.6) is 5.75 Å². The second-order valence-electron chi connectivity index (χ2n) is 8.34. The first-order valence-corrected chi connectivity index (χ1v) is 11.1. The number of carbonyl (C=O) groups excluding carboxylic acids is 2. The van der Waals surface area contributed by atoms with E-state index in [9.17, 15) is 9.59 Å². The normalized spacial score (nSPS) is 12.4. The minimum Gasteiger partial charge on any atom is -0.465 e. The predicted octanol–water partition coefficient (Wildman–Crippen LogP) is 6.36. The van der Waals surface area contributed by atoms with Crippen molar-refractivity contribution < 1.29 is 19.1 Å². The summed E-state index contributed by atoms with van der Waals surface area (Å²) in [6.07, 6.45) is 0. The van der Waals surface area contributed by atoms with Gasteiger partial charge in [0.25, 0.3) is 0 Å². The summed E-state index contributed by atoms with van der Waals surface area (Å²) >= 11 is 0. The van der Waals surface area contributed by atoms with Crippen molar-refractivity contribution in [3.8, 4) is 5.75 Å². The molecule has 34 heavy (non-hydrogen) atoms. The molecule has 1 atom stereocenters. The van der Waals surface area contributed by atoms with Gasteiger partial charge in [0.1, 0.15) is 5.75 Å². The molecule has 1 unspecified atom stereocenters. The maximum Gasteiger partial charge on any atom is 0.343 e. The lowest BCUT2D eigenvalue weighted by Gasteiger charge is -2.32. The fraction of sp³-hybridized carbons (Fsp3) is 0.133. The molecule has 0 fully saturated rings. The molecule has 0 saturated heterocycles. The van der Waals surface area contributed by atoms with Crippen LogP contribution in [-0.4, -0.2) is 19.0 Å². The number of benzene rings is 4. The van der Waals surface area contributed by atoms with Gasteiger partial charge >= 0.3 is 11.9 Å². The summed E-state index contributed by atoms with van der Waals surface area (Å²) in [4.78, 5) is 24.2. The van der Waals surface area contributed by atoms with Gasteiger partial charge in [-0.3, -0.25) is 0 Å². The Morgan fingerprint density at radius 2 is 1.09 bits per heavy atom. The molecular formula is C30H26O4. The third-order valence-corrected chi connectivity index (χ3v) is 6.16. The van der Waals surface area contributed by atoms with Gasteiger partial charge in [-0.25, -0.2) is 9.59 Å². The maximum absolute atomic E-state index is 12.6. The molecule has 4 rings (SSSR count). The first-order chi connectivity index (χ1) is 16.4. The lowest BCUT2D eigenvalue weighted by atomic mass is 9.71. The van der Waals surface area contributed by atoms with Gasteiger partial charge in [-0.15, -0.1) is 0 Å². The molecule has 0 aliphatic heterocycles. The molecule has 0 saturated carbocycles. The Labute approximate surface area is 199 Å². The zero-order chi connectivity index (χ0) is 24.1. The van der Waals surface area contributed by atoms with E-state index in [1.807, 2.05) is 42.5 Å². The van der Waals surface area contributed by atoms with E-state index in [0.717, 1.165) is 5.56 Å². The molecule has 170 valence electrons. The maximum atomic E-state index is 12.6. The molecule has 4 nitrogen and oxygen atoms in total. The van der Waals surface area contributed by atoms with Crippen LogP contribution < -0.4 is 4.74 Å². The number of hydrogen-bond acceptors (Lipinski definition) is 4. The van der Waals surface area contributed by atoms with Crippen molar-refractivity contribution in [2.75, 3.05) is 7.11 Å². The third kappa shape index (κ3) is 4.62. The first kappa shape index (κ1) is 23.0. The summed E-state index contributed by atoms with van der Waals surface area (Å²) < 4.78 is 10.3. The summed E-state index contributed by atoms with van der Waals surface area (Å²) in [7, 11) is 1.32. The molecule has 4 aromatic rings. The highest BCUT2D eigenvalue weighted by Gasteiger charge is 2.31. The average Bonchev–Trinajstić information content (AvgIpc) is 2.89. The van der Waals surface area contributed by atoms with Crippen LogP contribution in [-0.2, 0) is 10.2 Å². The average molecular weight is 451 g/mol. The molecular weight excluding hydrogens is 424 g/mol.